The average Bonchev–Trinajstić information content (AvgIpc) is 3.73. The number of phosphoric ester groups is 1. The molecule has 45 heavy (non-hydrogen) atoms. The molecule has 9 N–H and O–H groups in total. The zero-order valence-electron chi connectivity index (χ0n) is 22.4. The Morgan fingerprint density at radius 3 is 2.44 bits per heavy atom. The van der Waals surface area contributed by atoms with Crippen molar-refractivity contribution in [1.82, 2.24) is 39.0 Å². The van der Waals surface area contributed by atoms with Gasteiger partial charge in [-0.05, 0) is 0 Å². The minimum atomic E-state index is -5.20. The number of H-pyrrole nitrogens is 1. The molecule has 25 heteroatoms. The number of nitrogens with zero attached hydrogens (tertiary/aromatic N) is 7. The van der Waals surface area contributed by atoms with Gasteiger partial charge in [0, 0.05) is 0 Å². The summed E-state index contributed by atoms with van der Waals surface area (Å²) in [6, 6.07) is 0. The molecule has 0 amide bonds. The first-order chi connectivity index (χ1) is 21.3. The lowest BCUT2D eigenvalue weighted by atomic mass is 10.1. The highest BCUT2D eigenvalue weighted by Crippen LogP contribution is 2.50. The van der Waals surface area contributed by atoms with Crippen molar-refractivity contribution in [2.45, 2.75) is 49.1 Å². The normalized spacial score (nSPS) is 30.7. The monoisotopic (exact) mass is 678 g/mol. The van der Waals surface area contributed by atoms with Crippen LogP contribution in [-0.2, 0) is 32.2 Å². The van der Waals surface area contributed by atoms with E-state index >= 15 is 4.39 Å². The van der Waals surface area contributed by atoms with Crippen LogP contribution in [0.4, 0.5) is 16.2 Å². The maximum atomic E-state index is 15.1. The highest BCUT2D eigenvalue weighted by atomic mass is 31.2. The third-order valence-corrected chi connectivity index (χ3v) is 8.41. The van der Waals surface area contributed by atoms with E-state index in [2.05, 4.69) is 34.4 Å². The van der Waals surface area contributed by atoms with E-state index in [4.69, 9.17) is 34.9 Å². The third-order valence-electron chi connectivity index (χ3n) is 7.01. The molecule has 4 aromatic heterocycles. The second-order valence-corrected chi connectivity index (χ2v) is 12.1. The van der Waals surface area contributed by atoms with Crippen LogP contribution in [0.3, 0.4) is 0 Å². The number of rotatable bonds is 10. The number of hydrogen-bond donors (Lipinski definition) is 7. The predicted molar refractivity (Wildman–Crippen MR) is 145 cm³/mol. The van der Waals surface area contributed by atoms with Crippen LogP contribution >= 0.6 is 16.1 Å². The van der Waals surface area contributed by atoms with Gasteiger partial charge in [0.1, 0.15) is 42.4 Å². The summed E-state index contributed by atoms with van der Waals surface area (Å²) >= 11 is 0. The molecule has 4 aromatic rings. The molecule has 0 aromatic carbocycles. The molecule has 2 aliphatic rings. The van der Waals surface area contributed by atoms with E-state index in [9.17, 15) is 29.0 Å². The van der Waals surface area contributed by atoms with Crippen LogP contribution < -0.4 is 17.0 Å². The van der Waals surface area contributed by atoms with Crippen molar-refractivity contribution >= 4 is 50.2 Å². The molecule has 0 bridgehead atoms. The summed E-state index contributed by atoms with van der Waals surface area (Å²) in [5, 5.41) is 21.4. The van der Waals surface area contributed by atoms with E-state index in [1.54, 1.807) is 0 Å². The molecule has 2 fully saturated rings. The first-order valence-corrected chi connectivity index (χ1v) is 15.6. The fourth-order valence-electron chi connectivity index (χ4n) is 4.96. The number of nitrogen functional groups attached to an aromatic ring is 2. The second kappa shape index (κ2) is 12.0. The Balaban J connectivity index is 1.20. The number of aliphatic hydroxyl groups is 2. The van der Waals surface area contributed by atoms with Crippen molar-refractivity contribution in [3.63, 3.8) is 0 Å². The highest BCUT2D eigenvalue weighted by molar-refractivity contribution is 7.47. The van der Waals surface area contributed by atoms with E-state index in [1.807, 2.05) is 0 Å². The van der Waals surface area contributed by atoms with E-state index in [-0.39, 0.29) is 34.1 Å². The van der Waals surface area contributed by atoms with Crippen molar-refractivity contribution in [2.75, 3.05) is 24.7 Å². The Hall–Kier alpha value is -3.47. The molecule has 22 nitrogen and oxygen atoms in total. The Morgan fingerprint density at radius 2 is 1.71 bits per heavy atom. The average molecular weight is 678 g/mol. The Labute approximate surface area is 249 Å². The minimum absolute atomic E-state index is 0.0342. The van der Waals surface area contributed by atoms with E-state index < -0.39 is 84.0 Å². The van der Waals surface area contributed by atoms with Crippen molar-refractivity contribution < 1.29 is 56.6 Å². The lowest BCUT2D eigenvalue weighted by Gasteiger charge is -2.24. The standard InChI is InChI=1S/C20H25FN10O12P2/c21-8-6(41-18(12(8)33)30-4-26-9-14(22)24-3-25-15(9)30)2-40-45(37,38)43-13-11(32)7(1-39-44(35)36)42-19(13)31-5-27-10-16(31)28-20(23)29-17(10)34/h3-8,11-13,18-19,32-33,44H,1-2H2,(H,35,36)(H,37,38)(H2,22,24,25)(H3,23,28,29,34)/t6-,7-,8-,11-,12-,13-,18-,19-/m1/s1. The Kier molecular flexibility index (Phi) is 8.43. The van der Waals surface area contributed by atoms with Gasteiger partial charge in [0.15, 0.2) is 41.3 Å². The zero-order valence-corrected chi connectivity index (χ0v) is 24.3. The number of nitrogens with two attached hydrogens (primary N) is 2. The summed E-state index contributed by atoms with van der Waals surface area (Å²) in [7, 11) is -8.67. The molecular formula is C20H25FN10O12P2. The number of halogens is 1. The number of alkyl halides is 1. The first-order valence-electron chi connectivity index (χ1n) is 12.8. The van der Waals surface area contributed by atoms with Gasteiger partial charge in [-0.3, -0.25) is 32.5 Å². The molecule has 10 atom stereocenters. The van der Waals surface area contributed by atoms with Crippen LogP contribution in [0, 0.1) is 0 Å². The van der Waals surface area contributed by atoms with E-state index in [0.717, 1.165) is 17.2 Å². The van der Waals surface area contributed by atoms with Gasteiger partial charge in [-0.15, -0.1) is 0 Å². The topological polar surface area (TPSA) is 320 Å². The van der Waals surface area contributed by atoms with Gasteiger partial charge in [-0.25, -0.2) is 28.9 Å². The number of fused-ring (bicyclic) bond motifs is 2. The van der Waals surface area contributed by atoms with Gasteiger partial charge < -0.3 is 45.5 Å². The zero-order chi connectivity index (χ0) is 32.2. The van der Waals surface area contributed by atoms with Crippen LogP contribution in [-0.4, -0.2) is 109 Å². The molecule has 2 saturated heterocycles. The molecule has 244 valence electrons. The van der Waals surface area contributed by atoms with Gasteiger partial charge in [-0.1, -0.05) is 0 Å². The second-order valence-electron chi connectivity index (χ2n) is 9.83. The summed E-state index contributed by atoms with van der Waals surface area (Å²) in [6.07, 6.45) is -9.97. The van der Waals surface area contributed by atoms with Gasteiger partial charge in [0.2, 0.25) is 5.95 Å². The first kappa shape index (κ1) is 31.5. The SMILES string of the molecule is Nc1nc2c(ncn2[C@@H]2O[C@H](CO[PH](=O)O)[C@@H](O)[C@H]2OP(=O)(O)OC[C@H]2O[C@@H](n3cnc4c(N)ncnc43)[C@H](O)[C@@H]2F)c(=O)[nH]1. The van der Waals surface area contributed by atoms with Crippen molar-refractivity contribution in [3.05, 3.63) is 29.3 Å². The molecule has 2 aliphatic heterocycles. The van der Waals surface area contributed by atoms with Gasteiger partial charge in [0.25, 0.3) is 5.56 Å². The van der Waals surface area contributed by atoms with E-state index in [1.165, 1.54) is 10.9 Å². The van der Waals surface area contributed by atoms with Crippen LogP contribution in [0.15, 0.2) is 23.8 Å². The summed E-state index contributed by atoms with van der Waals surface area (Å²) < 4.78 is 67.7. The molecule has 0 spiro atoms. The molecule has 2 unspecified atom stereocenters. The van der Waals surface area contributed by atoms with Crippen LogP contribution in [0.1, 0.15) is 12.5 Å². The number of aromatic nitrogens is 8. The fraction of sp³-hybridized carbons (Fsp3) is 0.500. The maximum absolute atomic E-state index is 15.1. The summed E-state index contributed by atoms with van der Waals surface area (Å²) in [5.74, 6) is -0.274. The number of phosphoric acid groups is 1. The number of anilines is 2. The predicted octanol–water partition coefficient (Wildman–Crippen LogP) is -2.12. The summed E-state index contributed by atoms with van der Waals surface area (Å²) in [6.45, 7) is -1.56. The lowest BCUT2D eigenvalue weighted by molar-refractivity contribution is -0.0592. The quantitative estimate of drug-likeness (QED) is 0.0881. The Morgan fingerprint density at radius 1 is 1.02 bits per heavy atom. The van der Waals surface area contributed by atoms with Gasteiger partial charge in [0.05, 0.1) is 25.9 Å². The maximum Gasteiger partial charge on any atom is 0.472 e. The highest BCUT2D eigenvalue weighted by Gasteiger charge is 2.51. The van der Waals surface area contributed by atoms with Crippen LogP contribution in [0.25, 0.3) is 22.3 Å². The molecule has 0 radical (unpaired) electrons. The molecule has 0 aliphatic carbocycles. The van der Waals surface area contributed by atoms with Crippen LogP contribution in [0.2, 0.25) is 0 Å². The minimum Gasteiger partial charge on any atom is -0.387 e. The number of aliphatic hydroxyl groups excluding tert-OH is 2. The molecule has 0 saturated carbocycles. The number of ether oxygens (including phenoxy) is 2. The molecular weight excluding hydrogens is 653 g/mol. The summed E-state index contributed by atoms with van der Waals surface area (Å²) in [4.78, 5) is 53.9. The number of imidazole rings is 2. The van der Waals surface area contributed by atoms with Crippen LogP contribution in [0.5, 0.6) is 0 Å². The third kappa shape index (κ3) is 5.95. The molecule has 6 rings (SSSR count). The number of hydrogen-bond acceptors (Lipinski definition) is 17. The fourth-order valence-corrected chi connectivity index (χ4v) is 6.20. The van der Waals surface area contributed by atoms with Gasteiger partial charge in [-0.2, -0.15) is 4.98 Å². The van der Waals surface area contributed by atoms with Crippen molar-refractivity contribution in [3.8, 4) is 0 Å². The smallest absolute Gasteiger partial charge is 0.387 e. The van der Waals surface area contributed by atoms with Crippen molar-refractivity contribution in [1.29, 1.82) is 0 Å². The van der Waals surface area contributed by atoms with Crippen molar-refractivity contribution in [2.24, 2.45) is 0 Å². The number of nitrogens with one attached hydrogen (secondary N) is 1. The lowest BCUT2D eigenvalue weighted by Crippen LogP contribution is -2.35. The Bertz CT molecular complexity index is 1860. The molecule has 6 heterocycles. The van der Waals surface area contributed by atoms with E-state index in [0.29, 0.717) is 0 Å². The van der Waals surface area contributed by atoms with Gasteiger partial charge >= 0.3 is 16.1 Å². The number of aromatic amines is 1. The largest absolute Gasteiger partial charge is 0.472 e. The summed E-state index contributed by atoms with van der Waals surface area (Å²) in [5.41, 5.74) is 10.6.